The molecule has 0 saturated carbocycles. The van der Waals surface area contributed by atoms with E-state index in [9.17, 15) is 18.0 Å². The third-order valence-electron chi connectivity index (χ3n) is 5.32. The molecule has 0 spiro atoms. The van der Waals surface area contributed by atoms with Crippen LogP contribution in [-0.4, -0.2) is 50.5 Å². The van der Waals surface area contributed by atoms with Gasteiger partial charge in [-0.25, -0.2) is 8.42 Å². The monoisotopic (exact) mass is 551 g/mol. The van der Waals surface area contributed by atoms with Crippen molar-refractivity contribution >= 4 is 43.5 Å². The number of amides is 2. The molecule has 0 aromatic heterocycles. The molecule has 0 radical (unpaired) electrons. The lowest BCUT2D eigenvalue weighted by Gasteiger charge is -2.33. The molecule has 0 aliphatic rings. The standard InChI is InChI=1S/C25H34BrN3O4S/c1-6-23(25(31)27-15-18(2)3)28(16-20-12-10-19(4)11-13-20)24(30)17-29(34(5,32)33)22-9-7-8-21(26)14-22/h7-14,18,23H,6,15-17H2,1-5H3,(H,27,31)/t23-/m0/s1. The van der Waals surface area contributed by atoms with Crippen LogP contribution in [0.5, 0.6) is 0 Å². The molecule has 1 atom stereocenters. The third-order valence-corrected chi connectivity index (χ3v) is 6.95. The second-order valence-electron chi connectivity index (χ2n) is 8.82. The maximum atomic E-state index is 13.6. The van der Waals surface area contributed by atoms with E-state index in [0.717, 1.165) is 21.7 Å². The molecule has 2 aromatic carbocycles. The summed E-state index contributed by atoms with van der Waals surface area (Å²) >= 11 is 3.35. The summed E-state index contributed by atoms with van der Waals surface area (Å²) in [5.41, 5.74) is 2.32. The Kier molecular flexibility index (Phi) is 10.1. The van der Waals surface area contributed by atoms with Crippen LogP contribution >= 0.6 is 15.9 Å². The first kappa shape index (κ1) is 27.9. The molecule has 0 unspecified atom stereocenters. The molecule has 0 aliphatic carbocycles. The van der Waals surface area contributed by atoms with Crippen molar-refractivity contribution in [1.29, 1.82) is 0 Å². The zero-order valence-electron chi connectivity index (χ0n) is 20.4. The van der Waals surface area contributed by atoms with Crippen molar-refractivity contribution in [1.82, 2.24) is 10.2 Å². The second-order valence-corrected chi connectivity index (χ2v) is 11.6. The molecule has 9 heteroatoms. The van der Waals surface area contributed by atoms with Crippen molar-refractivity contribution in [3.05, 3.63) is 64.1 Å². The molecular weight excluding hydrogens is 518 g/mol. The fourth-order valence-corrected chi connectivity index (χ4v) is 4.71. The maximum Gasteiger partial charge on any atom is 0.244 e. The highest BCUT2D eigenvalue weighted by atomic mass is 79.9. The van der Waals surface area contributed by atoms with Crippen LogP contribution in [0.4, 0.5) is 5.69 Å². The first-order valence-electron chi connectivity index (χ1n) is 11.3. The predicted octanol–water partition coefficient (Wildman–Crippen LogP) is 4.10. The fraction of sp³-hybridized carbons (Fsp3) is 0.440. The molecule has 0 heterocycles. The Morgan fingerprint density at radius 1 is 1.09 bits per heavy atom. The van der Waals surface area contributed by atoms with Gasteiger partial charge in [0.1, 0.15) is 12.6 Å². The number of rotatable bonds is 11. The lowest BCUT2D eigenvalue weighted by Crippen LogP contribution is -2.52. The van der Waals surface area contributed by atoms with Gasteiger partial charge in [-0.2, -0.15) is 0 Å². The van der Waals surface area contributed by atoms with Crippen molar-refractivity contribution < 1.29 is 18.0 Å². The summed E-state index contributed by atoms with van der Waals surface area (Å²) in [5, 5.41) is 2.92. The van der Waals surface area contributed by atoms with E-state index in [-0.39, 0.29) is 18.4 Å². The predicted molar refractivity (Wildman–Crippen MR) is 140 cm³/mol. The van der Waals surface area contributed by atoms with E-state index in [4.69, 9.17) is 0 Å². The van der Waals surface area contributed by atoms with Gasteiger partial charge in [0.2, 0.25) is 21.8 Å². The molecule has 2 aromatic rings. The molecular formula is C25H34BrN3O4S. The Hall–Kier alpha value is -2.39. The lowest BCUT2D eigenvalue weighted by atomic mass is 10.1. The normalized spacial score (nSPS) is 12.3. The van der Waals surface area contributed by atoms with Gasteiger partial charge in [0.05, 0.1) is 11.9 Å². The van der Waals surface area contributed by atoms with Gasteiger partial charge in [-0.15, -0.1) is 0 Å². The highest BCUT2D eigenvalue weighted by molar-refractivity contribution is 9.10. The van der Waals surface area contributed by atoms with Gasteiger partial charge in [0, 0.05) is 17.6 Å². The van der Waals surface area contributed by atoms with Crippen LogP contribution in [0.15, 0.2) is 53.0 Å². The van der Waals surface area contributed by atoms with E-state index in [1.807, 2.05) is 52.0 Å². The molecule has 0 aliphatic heterocycles. The summed E-state index contributed by atoms with van der Waals surface area (Å²) in [6.07, 6.45) is 1.47. The first-order chi connectivity index (χ1) is 15.9. The lowest BCUT2D eigenvalue weighted by molar-refractivity contribution is -0.140. The van der Waals surface area contributed by atoms with Crippen LogP contribution in [0.2, 0.25) is 0 Å². The van der Waals surface area contributed by atoms with Crippen LogP contribution in [-0.2, 0) is 26.2 Å². The molecule has 2 amide bonds. The number of sulfonamides is 1. The Bertz CT molecular complexity index is 1090. The number of nitrogens with zero attached hydrogens (tertiary/aromatic N) is 2. The largest absolute Gasteiger partial charge is 0.354 e. The SMILES string of the molecule is CC[C@@H](C(=O)NCC(C)C)N(Cc1ccc(C)cc1)C(=O)CN(c1cccc(Br)c1)S(C)(=O)=O. The average Bonchev–Trinajstić information content (AvgIpc) is 2.76. The highest BCUT2D eigenvalue weighted by Crippen LogP contribution is 2.23. The summed E-state index contributed by atoms with van der Waals surface area (Å²) in [6.45, 7) is 8.10. The topological polar surface area (TPSA) is 86.8 Å². The zero-order chi connectivity index (χ0) is 25.5. The van der Waals surface area contributed by atoms with Gasteiger partial charge in [0.15, 0.2) is 0 Å². The molecule has 186 valence electrons. The first-order valence-corrected chi connectivity index (χ1v) is 13.9. The van der Waals surface area contributed by atoms with Gasteiger partial charge >= 0.3 is 0 Å². The van der Waals surface area contributed by atoms with Crippen LogP contribution in [0, 0.1) is 12.8 Å². The minimum atomic E-state index is -3.75. The van der Waals surface area contributed by atoms with Crippen LogP contribution in [0.1, 0.15) is 38.3 Å². The van der Waals surface area contributed by atoms with E-state index >= 15 is 0 Å². The number of benzene rings is 2. The molecule has 34 heavy (non-hydrogen) atoms. The number of nitrogens with one attached hydrogen (secondary N) is 1. The van der Waals surface area contributed by atoms with Crippen LogP contribution in [0.3, 0.4) is 0 Å². The average molecular weight is 553 g/mol. The molecule has 2 rings (SSSR count). The zero-order valence-corrected chi connectivity index (χ0v) is 22.8. The van der Waals surface area contributed by atoms with E-state index in [2.05, 4.69) is 21.2 Å². The molecule has 0 saturated heterocycles. The molecule has 1 N–H and O–H groups in total. The second kappa shape index (κ2) is 12.4. The fourth-order valence-electron chi connectivity index (χ4n) is 3.48. The summed E-state index contributed by atoms with van der Waals surface area (Å²) in [7, 11) is -3.75. The molecule has 0 bridgehead atoms. The van der Waals surface area contributed by atoms with Crippen molar-refractivity contribution in [2.75, 3.05) is 23.7 Å². The van der Waals surface area contributed by atoms with E-state index < -0.39 is 28.5 Å². The summed E-state index contributed by atoms with van der Waals surface area (Å²) in [4.78, 5) is 28.1. The Morgan fingerprint density at radius 3 is 2.26 bits per heavy atom. The molecule has 7 nitrogen and oxygen atoms in total. The minimum absolute atomic E-state index is 0.197. The maximum absolute atomic E-state index is 13.6. The van der Waals surface area contributed by atoms with Crippen molar-refractivity contribution in [3.8, 4) is 0 Å². The quantitative estimate of drug-likeness (QED) is 0.455. The molecule has 0 fully saturated rings. The van der Waals surface area contributed by atoms with Crippen LogP contribution < -0.4 is 9.62 Å². The number of carbonyl (C=O) groups is 2. The van der Waals surface area contributed by atoms with Gasteiger partial charge < -0.3 is 10.2 Å². The summed E-state index contributed by atoms with van der Waals surface area (Å²) in [5.74, 6) is -0.428. The smallest absolute Gasteiger partial charge is 0.244 e. The number of carbonyl (C=O) groups excluding carboxylic acids is 2. The number of halogens is 1. The van der Waals surface area contributed by atoms with E-state index in [1.54, 1.807) is 24.3 Å². The number of aryl methyl sites for hydroxylation is 1. The van der Waals surface area contributed by atoms with Crippen LogP contribution in [0.25, 0.3) is 0 Å². The Morgan fingerprint density at radius 2 is 1.74 bits per heavy atom. The van der Waals surface area contributed by atoms with Crippen molar-refractivity contribution in [2.24, 2.45) is 5.92 Å². The Labute approximate surface area is 211 Å². The van der Waals surface area contributed by atoms with Gasteiger partial charge in [-0.1, -0.05) is 72.6 Å². The number of hydrogen-bond acceptors (Lipinski definition) is 4. The summed E-state index contributed by atoms with van der Waals surface area (Å²) < 4.78 is 27.0. The van der Waals surface area contributed by atoms with E-state index in [1.165, 1.54) is 4.90 Å². The Balaban J connectivity index is 2.41. The van der Waals surface area contributed by atoms with Crippen molar-refractivity contribution in [3.63, 3.8) is 0 Å². The minimum Gasteiger partial charge on any atom is -0.354 e. The number of anilines is 1. The summed E-state index contributed by atoms with van der Waals surface area (Å²) in [6, 6.07) is 13.8. The highest BCUT2D eigenvalue weighted by Gasteiger charge is 2.31. The van der Waals surface area contributed by atoms with Crippen molar-refractivity contribution in [2.45, 2.75) is 46.7 Å². The van der Waals surface area contributed by atoms with E-state index in [0.29, 0.717) is 23.1 Å². The van der Waals surface area contributed by atoms with Gasteiger partial charge in [-0.3, -0.25) is 13.9 Å². The van der Waals surface area contributed by atoms with Gasteiger partial charge in [-0.05, 0) is 43.0 Å². The number of hydrogen-bond donors (Lipinski definition) is 1. The third kappa shape index (κ3) is 8.13. The van der Waals surface area contributed by atoms with Gasteiger partial charge in [0.25, 0.3) is 0 Å².